The van der Waals surface area contributed by atoms with E-state index < -0.39 is 69.8 Å². The molecule has 3 aliphatic rings. The minimum absolute atomic E-state index is 0.0205. The Bertz CT molecular complexity index is 1520. The Morgan fingerprint density at radius 2 is 1.95 bits per heavy atom. The van der Waals surface area contributed by atoms with Crippen molar-refractivity contribution in [2.75, 3.05) is 50.1 Å². The summed E-state index contributed by atoms with van der Waals surface area (Å²) < 4.78 is 104. The molecule has 0 unspecified atom stereocenters. The van der Waals surface area contributed by atoms with Gasteiger partial charge in [0.2, 0.25) is 5.88 Å². The zero-order chi connectivity index (χ0) is 28.6. The highest BCUT2D eigenvalue weighted by molar-refractivity contribution is 5.97. The van der Waals surface area contributed by atoms with Crippen molar-refractivity contribution in [2.24, 2.45) is 0 Å². The summed E-state index contributed by atoms with van der Waals surface area (Å²) in [6.45, 7) is 3.22. The number of ether oxygens (including phenoxy) is 3. The van der Waals surface area contributed by atoms with Gasteiger partial charge in [-0.15, -0.1) is 0 Å². The average Bonchev–Trinajstić information content (AvgIpc) is 3.00. The molecule has 3 N–H and O–H groups in total. The molecule has 40 heavy (non-hydrogen) atoms. The summed E-state index contributed by atoms with van der Waals surface area (Å²) in [6, 6.07) is -0.0145. The Hall–Kier alpha value is -3.59. The second-order valence-corrected chi connectivity index (χ2v) is 10.2. The van der Waals surface area contributed by atoms with E-state index in [1.54, 1.807) is 6.92 Å². The quantitative estimate of drug-likeness (QED) is 0.360. The average molecular weight is 570 g/mol. The van der Waals surface area contributed by atoms with Crippen LogP contribution in [0.1, 0.15) is 18.1 Å². The summed E-state index contributed by atoms with van der Waals surface area (Å²) in [7, 11) is 0. The molecular formula is C25H24F6N6O3. The SMILES string of the molecule is Cc1c(F)c(N)cc(-c2nc3c4c(nc(OCC5(F)COC5)nc4c2F)N2CCNC[C@H]2[C@H](C)O3)c1C(F)(F)F. The van der Waals surface area contributed by atoms with E-state index in [0.717, 1.165) is 6.92 Å². The van der Waals surface area contributed by atoms with Crippen LogP contribution in [0.3, 0.4) is 0 Å². The van der Waals surface area contributed by atoms with Crippen LogP contribution in [0, 0.1) is 18.6 Å². The van der Waals surface area contributed by atoms with Crippen LogP contribution in [0.2, 0.25) is 0 Å². The summed E-state index contributed by atoms with van der Waals surface area (Å²) in [5.41, 5.74) is -0.999. The molecule has 2 aromatic heterocycles. The second-order valence-electron chi connectivity index (χ2n) is 10.2. The minimum Gasteiger partial charge on any atom is -0.472 e. The third kappa shape index (κ3) is 4.22. The van der Waals surface area contributed by atoms with Gasteiger partial charge in [-0.2, -0.15) is 23.1 Å². The molecule has 2 fully saturated rings. The predicted molar refractivity (Wildman–Crippen MR) is 131 cm³/mol. The molecule has 5 heterocycles. The maximum absolute atomic E-state index is 16.3. The molecule has 3 aromatic rings. The van der Waals surface area contributed by atoms with E-state index in [0.29, 0.717) is 25.7 Å². The van der Waals surface area contributed by atoms with Crippen molar-refractivity contribution in [3.05, 3.63) is 28.8 Å². The number of piperazine rings is 1. The second kappa shape index (κ2) is 9.23. The number of fused-ring (bicyclic) bond motifs is 2. The zero-order valence-electron chi connectivity index (χ0n) is 21.3. The molecule has 0 radical (unpaired) electrons. The number of anilines is 2. The Kier molecular flexibility index (Phi) is 6.14. The molecule has 0 saturated carbocycles. The number of nitrogens with one attached hydrogen (secondary N) is 1. The van der Waals surface area contributed by atoms with E-state index in [2.05, 4.69) is 20.3 Å². The van der Waals surface area contributed by atoms with Crippen molar-refractivity contribution in [1.29, 1.82) is 0 Å². The van der Waals surface area contributed by atoms with Gasteiger partial charge in [0.15, 0.2) is 11.5 Å². The molecule has 0 amide bonds. The number of alkyl halides is 4. The van der Waals surface area contributed by atoms with Gasteiger partial charge in [-0.1, -0.05) is 0 Å². The molecule has 0 bridgehead atoms. The van der Waals surface area contributed by atoms with Gasteiger partial charge in [0.25, 0.3) is 0 Å². The van der Waals surface area contributed by atoms with Crippen LogP contribution in [0.5, 0.6) is 11.9 Å². The van der Waals surface area contributed by atoms with Crippen LogP contribution in [-0.4, -0.2) is 72.2 Å². The first-order valence-corrected chi connectivity index (χ1v) is 12.5. The number of nitrogens with two attached hydrogens (primary N) is 1. The predicted octanol–water partition coefficient (Wildman–Crippen LogP) is 3.56. The molecule has 9 nitrogen and oxygen atoms in total. The van der Waals surface area contributed by atoms with Gasteiger partial charge in [-0.25, -0.2) is 18.2 Å². The van der Waals surface area contributed by atoms with E-state index in [-0.39, 0.29) is 42.4 Å². The van der Waals surface area contributed by atoms with Gasteiger partial charge in [-0.05, 0) is 25.5 Å². The van der Waals surface area contributed by atoms with E-state index in [1.165, 1.54) is 0 Å². The lowest BCUT2D eigenvalue weighted by molar-refractivity contribution is -0.146. The molecule has 214 valence electrons. The van der Waals surface area contributed by atoms with Crippen molar-refractivity contribution in [1.82, 2.24) is 20.3 Å². The van der Waals surface area contributed by atoms with Crippen molar-refractivity contribution in [2.45, 2.75) is 37.8 Å². The highest BCUT2D eigenvalue weighted by Crippen LogP contribution is 2.46. The number of hydrogen-bond acceptors (Lipinski definition) is 9. The largest absolute Gasteiger partial charge is 0.472 e. The number of hydrogen-bond donors (Lipinski definition) is 2. The minimum atomic E-state index is -5.07. The van der Waals surface area contributed by atoms with Gasteiger partial charge in [-0.3, -0.25) is 0 Å². The van der Waals surface area contributed by atoms with Crippen LogP contribution in [-0.2, 0) is 10.9 Å². The molecule has 1 aromatic carbocycles. The normalized spacial score (nSPS) is 21.9. The molecule has 6 rings (SSSR count). The number of nitrogens with zero attached hydrogens (tertiary/aromatic N) is 4. The number of pyridine rings is 1. The maximum Gasteiger partial charge on any atom is 0.417 e. The van der Waals surface area contributed by atoms with Crippen molar-refractivity contribution in [3.63, 3.8) is 0 Å². The number of halogens is 6. The first-order valence-electron chi connectivity index (χ1n) is 12.5. The fourth-order valence-corrected chi connectivity index (χ4v) is 5.27. The standard InChI is InChI=1S/C25H24F6N6O3/c1-10-16(25(29,30)31)12(5-13(32)17(10)26)19-18(27)20-15-21(36-23(35-20)39-9-24(28)7-38-8-24)37-4-3-33-6-14(37)11(2)40-22(15)34-19/h5,11,14,33H,3-4,6-9,32H2,1-2H3/t11-,14-/m0/s1. The number of rotatable bonds is 4. The summed E-state index contributed by atoms with van der Waals surface area (Å²) >= 11 is 0. The van der Waals surface area contributed by atoms with E-state index in [9.17, 15) is 22.0 Å². The lowest BCUT2D eigenvalue weighted by Gasteiger charge is -2.38. The van der Waals surface area contributed by atoms with Crippen LogP contribution >= 0.6 is 0 Å². The van der Waals surface area contributed by atoms with E-state index >= 15 is 4.39 Å². The summed E-state index contributed by atoms with van der Waals surface area (Å²) in [4.78, 5) is 14.6. The van der Waals surface area contributed by atoms with Crippen LogP contribution in [0.4, 0.5) is 37.8 Å². The van der Waals surface area contributed by atoms with Gasteiger partial charge >= 0.3 is 12.2 Å². The fourth-order valence-electron chi connectivity index (χ4n) is 5.27. The van der Waals surface area contributed by atoms with Gasteiger partial charge in [0.05, 0.1) is 30.5 Å². The Morgan fingerprint density at radius 1 is 1.20 bits per heavy atom. The third-order valence-electron chi connectivity index (χ3n) is 7.35. The summed E-state index contributed by atoms with van der Waals surface area (Å²) in [6.07, 6.45) is -5.64. The first kappa shape index (κ1) is 26.6. The molecule has 0 aliphatic carbocycles. The molecule has 0 spiro atoms. The topological polar surface area (TPSA) is 108 Å². The maximum atomic E-state index is 16.3. The molecule has 3 aliphatic heterocycles. The Labute approximate surface area is 223 Å². The molecule has 15 heteroatoms. The zero-order valence-corrected chi connectivity index (χ0v) is 21.3. The monoisotopic (exact) mass is 570 g/mol. The summed E-state index contributed by atoms with van der Waals surface area (Å²) in [5.74, 6) is -2.55. The third-order valence-corrected chi connectivity index (χ3v) is 7.35. The Morgan fingerprint density at radius 3 is 2.62 bits per heavy atom. The van der Waals surface area contributed by atoms with Crippen LogP contribution in [0.15, 0.2) is 6.07 Å². The van der Waals surface area contributed by atoms with Gasteiger partial charge < -0.3 is 30.2 Å². The number of aromatic nitrogens is 3. The number of nitrogen functional groups attached to an aromatic ring is 1. The van der Waals surface area contributed by atoms with Crippen LogP contribution in [0.25, 0.3) is 22.2 Å². The van der Waals surface area contributed by atoms with Gasteiger partial charge in [0.1, 0.15) is 40.9 Å². The number of benzene rings is 1. The first-order chi connectivity index (χ1) is 18.9. The van der Waals surface area contributed by atoms with E-state index in [4.69, 9.17) is 19.9 Å². The van der Waals surface area contributed by atoms with Crippen molar-refractivity contribution < 1.29 is 40.6 Å². The smallest absolute Gasteiger partial charge is 0.417 e. The van der Waals surface area contributed by atoms with Gasteiger partial charge in [0, 0.05) is 25.2 Å². The molecule has 2 saturated heterocycles. The summed E-state index contributed by atoms with van der Waals surface area (Å²) in [5, 5.41) is 3.26. The lowest BCUT2D eigenvalue weighted by atomic mass is 9.96. The Balaban J connectivity index is 1.61. The van der Waals surface area contributed by atoms with Crippen LogP contribution < -0.4 is 25.4 Å². The van der Waals surface area contributed by atoms with Crippen molar-refractivity contribution in [3.8, 4) is 23.1 Å². The highest BCUT2D eigenvalue weighted by Gasteiger charge is 2.42. The van der Waals surface area contributed by atoms with Crippen molar-refractivity contribution >= 4 is 22.4 Å². The lowest BCUT2D eigenvalue weighted by Crippen LogP contribution is -2.56. The highest BCUT2D eigenvalue weighted by atomic mass is 19.4. The van der Waals surface area contributed by atoms with E-state index in [1.807, 2.05) is 4.90 Å². The molecular weight excluding hydrogens is 546 g/mol. The fraction of sp³-hybridized carbons (Fsp3) is 0.480. The molecule has 2 atom stereocenters.